The average Bonchev–Trinajstić information content (AvgIpc) is 2.26. The molecule has 1 rings (SSSR count). The fraction of sp³-hybridized carbons (Fsp3) is 0.400. The van der Waals surface area contributed by atoms with E-state index < -0.39 is 8.32 Å². The number of carbonyl (C=O) groups is 1. The molecule has 0 aromatic heterocycles. The van der Waals surface area contributed by atoms with Gasteiger partial charge in [-0.15, -0.1) is 0 Å². The zero-order chi connectivity index (χ0) is 13.8. The van der Waals surface area contributed by atoms with Gasteiger partial charge in [-0.25, -0.2) is 0 Å². The molecule has 0 aliphatic carbocycles. The van der Waals surface area contributed by atoms with Crippen molar-refractivity contribution in [3.05, 3.63) is 29.8 Å². The van der Waals surface area contributed by atoms with E-state index in [2.05, 4.69) is 45.7 Å². The maximum Gasteiger partial charge on any atom is 0.250 e. The van der Waals surface area contributed by atoms with Crippen molar-refractivity contribution >= 4 is 14.6 Å². The third kappa shape index (κ3) is 3.75. The molecule has 18 heavy (non-hydrogen) atoms. The summed E-state index contributed by atoms with van der Waals surface area (Å²) in [4.78, 5) is 10.2. The SMILES string of the molecule is CC(C)(C)[Si](C)(C)Oc1ccc(C#CC=O)cc1. The van der Waals surface area contributed by atoms with Crippen LogP contribution in [0, 0.1) is 11.8 Å². The summed E-state index contributed by atoms with van der Waals surface area (Å²) in [6.45, 7) is 11.1. The molecule has 0 saturated heterocycles. The Morgan fingerprint density at radius 2 is 1.72 bits per heavy atom. The highest BCUT2D eigenvalue weighted by atomic mass is 28.4. The number of hydrogen-bond acceptors (Lipinski definition) is 2. The minimum absolute atomic E-state index is 0.184. The van der Waals surface area contributed by atoms with Gasteiger partial charge in [0, 0.05) is 5.56 Å². The van der Waals surface area contributed by atoms with Crippen LogP contribution in [0.3, 0.4) is 0 Å². The highest BCUT2D eigenvalue weighted by Gasteiger charge is 2.38. The highest BCUT2D eigenvalue weighted by Crippen LogP contribution is 2.37. The van der Waals surface area contributed by atoms with Crippen LogP contribution < -0.4 is 4.43 Å². The van der Waals surface area contributed by atoms with Gasteiger partial charge >= 0.3 is 0 Å². The van der Waals surface area contributed by atoms with E-state index in [1.54, 1.807) is 0 Å². The van der Waals surface area contributed by atoms with Gasteiger partial charge in [-0.3, -0.25) is 4.79 Å². The Balaban J connectivity index is 2.84. The molecule has 0 aliphatic rings. The van der Waals surface area contributed by atoms with Crippen molar-refractivity contribution in [2.45, 2.75) is 38.9 Å². The molecule has 0 heterocycles. The Labute approximate surface area is 110 Å². The van der Waals surface area contributed by atoms with Gasteiger partial charge in [0.1, 0.15) is 5.75 Å². The predicted molar refractivity (Wildman–Crippen MR) is 77.2 cm³/mol. The van der Waals surface area contributed by atoms with E-state index in [0.717, 1.165) is 11.3 Å². The Hall–Kier alpha value is -1.53. The lowest BCUT2D eigenvalue weighted by molar-refractivity contribution is -0.103. The van der Waals surface area contributed by atoms with Crippen molar-refractivity contribution in [3.8, 4) is 17.6 Å². The molecule has 0 radical (unpaired) electrons. The van der Waals surface area contributed by atoms with Crippen LogP contribution in [0.1, 0.15) is 26.3 Å². The van der Waals surface area contributed by atoms with Crippen LogP contribution in [0.2, 0.25) is 18.1 Å². The lowest BCUT2D eigenvalue weighted by atomic mass is 10.2. The zero-order valence-electron chi connectivity index (χ0n) is 11.7. The van der Waals surface area contributed by atoms with E-state index in [9.17, 15) is 4.79 Å². The summed E-state index contributed by atoms with van der Waals surface area (Å²) >= 11 is 0. The van der Waals surface area contributed by atoms with Gasteiger partial charge in [0.25, 0.3) is 0 Å². The normalized spacial score (nSPS) is 11.4. The molecule has 0 unspecified atom stereocenters. The Morgan fingerprint density at radius 3 is 2.17 bits per heavy atom. The summed E-state index contributed by atoms with van der Waals surface area (Å²) in [5, 5.41) is 0.184. The number of carbonyl (C=O) groups excluding carboxylic acids is 1. The second-order valence-electron chi connectivity index (χ2n) is 5.77. The Morgan fingerprint density at radius 1 is 1.17 bits per heavy atom. The van der Waals surface area contributed by atoms with Crippen molar-refractivity contribution in [1.29, 1.82) is 0 Å². The molecule has 0 bridgehead atoms. The summed E-state index contributed by atoms with van der Waals surface area (Å²) in [6.07, 6.45) is 0.597. The van der Waals surface area contributed by atoms with Gasteiger partial charge in [-0.2, -0.15) is 0 Å². The van der Waals surface area contributed by atoms with E-state index >= 15 is 0 Å². The second kappa shape index (κ2) is 5.41. The number of aldehydes is 1. The molecule has 1 aromatic carbocycles. The fourth-order valence-electron chi connectivity index (χ4n) is 1.17. The van der Waals surface area contributed by atoms with Crippen molar-refractivity contribution in [2.75, 3.05) is 0 Å². The molecule has 0 spiro atoms. The average molecular weight is 260 g/mol. The molecule has 0 atom stereocenters. The van der Waals surface area contributed by atoms with Gasteiger partial charge in [0.05, 0.1) is 0 Å². The van der Waals surface area contributed by atoms with E-state index in [4.69, 9.17) is 4.43 Å². The van der Waals surface area contributed by atoms with Crippen molar-refractivity contribution in [1.82, 2.24) is 0 Å². The Kier molecular flexibility index (Phi) is 4.36. The maximum atomic E-state index is 10.2. The fourth-order valence-corrected chi connectivity index (χ4v) is 2.20. The molecule has 3 heteroatoms. The zero-order valence-corrected chi connectivity index (χ0v) is 12.7. The first kappa shape index (κ1) is 14.5. The first-order chi connectivity index (χ1) is 8.26. The van der Waals surface area contributed by atoms with Crippen molar-refractivity contribution in [3.63, 3.8) is 0 Å². The molecular formula is C15H20O2Si. The van der Waals surface area contributed by atoms with E-state index in [0.29, 0.717) is 6.29 Å². The topological polar surface area (TPSA) is 26.3 Å². The molecule has 0 amide bonds. The van der Waals surface area contributed by atoms with E-state index in [-0.39, 0.29) is 5.04 Å². The quantitative estimate of drug-likeness (QED) is 0.461. The van der Waals surface area contributed by atoms with Crippen LogP contribution in [0.15, 0.2) is 24.3 Å². The largest absolute Gasteiger partial charge is 0.544 e. The maximum absolute atomic E-state index is 10.2. The molecular weight excluding hydrogens is 240 g/mol. The number of benzene rings is 1. The molecule has 0 N–H and O–H groups in total. The first-order valence-electron chi connectivity index (χ1n) is 6.00. The third-order valence-corrected chi connectivity index (χ3v) is 7.67. The van der Waals surface area contributed by atoms with Gasteiger partial charge < -0.3 is 4.43 Å². The van der Waals surface area contributed by atoms with Crippen LogP contribution in [-0.4, -0.2) is 14.6 Å². The monoisotopic (exact) mass is 260 g/mol. The number of hydrogen-bond donors (Lipinski definition) is 0. The number of rotatable bonds is 2. The predicted octanol–water partition coefficient (Wildman–Crippen LogP) is 3.62. The van der Waals surface area contributed by atoms with Crippen LogP contribution in [0.4, 0.5) is 0 Å². The smallest absolute Gasteiger partial charge is 0.250 e. The second-order valence-corrected chi connectivity index (χ2v) is 10.5. The lowest BCUT2D eigenvalue weighted by Gasteiger charge is -2.36. The van der Waals surface area contributed by atoms with Crippen LogP contribution in [0.5, 0.6) is 5.75 Å². The lowest BCUT2D eigenvalue weighted by Crippen LogP contribution is -2.43. The van der Waals surface area contributed by atoms with Crippen molar-refractivity contribution < 1.29 is 9.22 Å². The highest BCUT2D eigenvalue weighted by molar-refractivity contribution is 6.74. The van der Waals surface area contributed by atoms with Gasteiger partial charge in [0.15, 0.2) is 6.29 Å². The summed E-state index contributed by atoms with van der Waals surface area (Å²) in [5.41, 5.74) is 0.824. The van der Waals surface area contributed by atoms with Gasteiger partial charge in [-0.1, -0.05) is 26.7 Å². The molecule has 0 saturated carbocycles. The minimum atomic E-state index is -1.78. The molecule has 96 valence electrons. The summed E-state index contributed by atoms with van der Waals surface area (Å²) in [6, 6.07) is 7.57. The Bertz CT molecular complexity index is 470. The van der Waals surface area contributed by atoms with Crippen LogP contribution >= 0.6 is 0 Å². The van der Waals surface area contributed by atoms with Gasteiger partial charge in [-0.05, 0) is 48.3 Å². The van der Waals surface area contributed by atoms with E-state index in [1.807, 2.05) is 24.3 Å². The first-order valence-corrected chi connectivity index (χ1v) is 8.91. The molecule has 2 nitrogen and oxygen atoms in total. The molecule has 0 aliphatic heterocycles. The van der Waals surface area contributed by atoms with E-state index in [1.165, 1.54) is 0 Å². The summed E-state index contributed by atoms with van der Waals surface area (Å²) < 4.78 is 6.15. The van der Waals surface area contributed by atoms with Crippen LogP contribution in [0.25, 0.3) is 0 Å². The molecule has 0 fully saturated rings. The summed E-state index contributed by atoms with van der Waals surface area (Å²) in [7, 11) is -1.78. The van der Waals surface area contributed by atoms with Crippen molar-refractivity contribution in [2.24, 2.45) is 0 Å². The minimum Gasteiger partial charge on any atom is -0.544 e. The third-order valence-electron chi connectivity index (χ3n) is 3.31. The van der Waals surface area contributed by atoms with Crippen LogP contribution in [-0.2, 0) is 4.79 Å². The molecule has 1 aromatic rings. The summed E-state index contributed by atoms with van der Waals surface area (Å²) in [5.74, 6) is 6.02. The van der Waals surface area contributed by atoms with Gasteiger partial charge in [0.2, 0.25) is 8.32 Å². The standard InChI is InChI=1S/C15H20O2Si/c1-15(2,3)18(4,5)17-14-10-8-13(9-11-14)7-6-12-16/h8-12H,1-5H3.